The summed E-state index contributed by atoms with van der Waals surface area (Å²) in [7, 11) is 0. The third-order valence-electron chi connectivity index (χ3n) is 5.23. The van der Waals surface area contributed by atoms with Crippen molar-refractivity contribution < 1.29 is 38.0 Å². The molecule has 10 heteroatoms. The Bertz CT molecular complexity index is 918. The molecular formula is C26H30Br2O8. The van der Waals surface area contributed by atoms with E-state index < -0.39 is 0 Å². The minimum atomic E-state index is -0.0863. The molecule has 0 spiro atoms. The standard InChI is InChI=1S/C26H30Br2O8/c27-17-23(29)21-3-1-19-15-25(21)35-13-11-33-9-7-31-5-6-32-8-10-34-12-14-36-26-16-20(19)2-4-22(26)24(30)18-28/h1-4,15-16H,5-14,17-18H2. The van der Waals surface area contributed by atoms with Gasteiger partial charge in [0, 0.05) is 0 Å². The van der Waals surface area contributed by atoms with Gasteiger partial charge in [0.2, 0.25) is 0 Å². The monoisotopic (exact) mass is 628 g/mol. The number of hydrogen-bond acceptors (Lipinski definition) is 8. The number of ether oxygens (including phenoxy) is 6. The van der Waals surface area contributed by atoms with E-state index in [0.717, 1.165) is 11.1 Å². The van der Waals surface area contributed by atoms with Crippen molar-refractivity contribution in [1.29, 1.82) is 0 Å². The van der Waals surface area contributed by atoms with Crippen LogP contribution in [-0.2, 0) is 18.9 Å². The van der Waals surface area contributed by atoms with Crippen molar-refractivity contribution in [3.63, 3.8) is 0 Å². The zero-order valence-corrected chi connectivity index (χ0v) is 23.1. The molecule has 196 valence electrons. The highest BCUT2D eigenvalue weighted by Gasteiger charge is 2.16. The van der Waals surface area contributed by atoms with Crippen LogP contribution in [0.3, 0.4) is 0 Å². The summed E-state index contributed by atoms with van der Waals surface area (Å²) in [6.45, 7) is 3.97. The largest absolute Gasteiger partial charge is 0.490 e. The molecule has 1 aliphatic rings. The van der Waals surface area contributed by atoms with E-state index in [1.165, 1.54) is 0 Å². The summed E-state index contributed by atoms with van der Waals surface area (Å²) < 4.78 is 33.9. The summed E-state index contributed by atoms with van der Waals surface area (Å²) >= 11 is 6.47. The van der Waals surface area contributed by atoms with Crippen LogP contribution in [0.1, 0.15) is 20.7 Å². The van der Waals surface area contributed by atoms with E-state index in [2.05, 4.69) is 31.9 Å². The number of halogens is 2. The van der Waals surface area contributed by atoms with Gasteiger partial charge in [-0.1, -0.05) is 44.0 Å². The molecule has 3 rings (SSSR count). The van der Waals surface area contributed by atoms with E-state index in [9.17, 15) is 9.59 Å². The molecular weight excluding hydrogens is 600 g/mol. The van der Waals surface area contributed by atoms with Crippen LogP contribution in [-0.4, -0.2) is 88.3 Å². The van der Waals surface area contributed by atoms with E-state index in [1.807, 2.05) is 24.3 Å². The van der Waals surface area contributed by atoms with Crippen LogP contribution in [0.4, 0.5) is 0 Å². The molecule has 0 fully saturated rings. The predicted molar refractivity (Wildman–Crippen MR) is 142 cm³/mol. The Morgan fingerprint density at radius 1 is 0.556 bits per heavy atom. The van der Waals surface area contributed by atoms with E-state index in [4.69, 9.17) is 28.4 Å². The molecule has 1 heterocycles. The Hall–Kier alpha value is -1.82. The number of carbonyl (C=O) groups is 2. The molecule has 0 aliphatic carbocycles. The molecule has 2 aromatic rings. The first kappa shape index (κ1) is 28.7. The van der Waals surface area contributed by atoms with Crippen LogP contribution >= 0.6 is 31.9 Å². The molecule has 0 saturated heterocycles. The van der Waals surface area contributed by atoms with E-state index in [0.29, 0.717) is 75.5 Å². The normalized spacial score (nSPS) is 16.5. The Kier molecular flexibility index (Phi) is 12.9. The highest BCUT2D eigenvalue weighted by molar-refractivity contribution is 9.09. The Morgan fingerprint density at radius 3 is 1.22 bits per heavy atom. The molecule has 0 N–H and O–H groups in total. The third-order valence-corrected chi connectivity index (χ3v) is 6.25. The van der Waals surface area contributed by atoms with Gasteiger partial charge in [-0.2, -0.15) is 0 Å². The topological polar surface area (TPSA) is 89.5 Å². The first-order valence-corrected chi connectivity index (χ1v) is 13.9. The third kappa shape index (κ3) is 8.93. The van der Waals surface area contributed by atoms with Crippen LogP contribution in [0.2, 0.25) is 0 Å². The molecule has 36 heavy (non-hydrogen) atoms. The molecule has 0 aromatic heterocycles. The summed E-state index contributed by atoms with van der Waals surface area (Å²) in [5, 5.41) is 0.368. The van der Waals surface area contributed by atoms with Gasteiger partial charge in [-0.15, -0.1) is 0 Å². The fourth-order valence-electron chi connectivity index (χ4n) is 3.43. The zero-order valence-electron chi connectivity index (χ0n) is 20.0. The maximum Gasteiger partial charge on any atom is 0.177 e. The molecule has 1 aliphatic heterocycles. The SMILES string of the molecule is O=C(CBr)c1ccc2cc1OCCOCCOCCOCCOCCOc1cc-2ccc1C(=O)CBr. The van der Waals surface area contributed by atoms with Gasteiger partial charge in [0.15, 0.2) is 11.6 Å². The lowest BCUT2D eigenvalue weighted by atomic mass is 9.99. The molecule has 8 nitrogen and oxygen atoms in total. The van der Waals surface area contributed by atoms with Gasteiger partial charge in [-0.05, 0) is 35.4 Å². The summed E-state index contributed by atoms with van der Waals surface area (Å²) in [6, 6.07) is 10.8. The van der Waals surface area contributed by atoms with Gasteiger partial charge in [0.25, 0.3) is 0 Å². The van der Waals surface area contributed by atoms with Crippen molar-refractivity contribution in [1.82, 2.24) is 0 Å². The summed E-state index contributed by atoms with van der Waals surface area (Å²) in [6.07, 6.45) is 0. The Morgan fingerprint density at radius 2 is 0.889 bits per heavy atom. The van der Waals surface area contributed by atoms with Crippen LogP contribution in [0, 0.1) is 0 Å². The summed E-state index contributed by atoms with van der Waals surface area (Å²) in [5.74, 6) is 0.758. The maximum atomic E-state index is 12.4. The minimum absolute atomic E-state index is 0.0863. The fourth-order valence-corrected chi connectivity index (χ4v) is 4.03. The maximum absolute atomic E-state index is 12.4. The van der Waals surface area contributed by atoms with Crippen LogP contribution in [0.5, 0.6) is 11.5 Å². The zero-order chi connectivity index (χ0) is 25.6. The van der Waals surface area contributed by atoms with Gasteiger partial charge in [0.1, 0.15) is 24.7 Å². The van der Waals surface area contributed by atoms with Crippen LogP contribution < -0.4 is 9.47 Å². The van der Waals surface area contributed by atoms with E-state index in [1.54, 1.807) is 12.1 Å². The quantitative estimate of drug-likeness (QED) is 0.364. The number of ketones is 2. The average Bonchev–Trinajstić information content (AvgIpc) is 2.91. The molecule has 0 radical (unpaired) electrons. The van der Waals surface area contributed by atoms with E-state index >= 15 is 0 Å². The summed E-state index contributed by atoms with van der Waals surface area (Å²) in [4.78, 5) is 24.9. The van der Waals surface area contributed by atoms with Gasteiger partial charge in [-0.3, -0.25) is 9.59 Å². The van der Waals surface area contributed by atoms with Crippen LogP contribution in [0.25, 0.3) is 11.1 Å². The summed E-state index contributed by atoms with van der Waals surface area (Å²) in [5.41, 5.74) is 2.61. The number of rotatable bonds is 4. The molecule has 0 saturated carbocycles. The number of Topliss-reactive ketones (excluding diaryl/α,β-unsaturated/α-hetero) is 2. The van der Waals surface area contributed by atoms with Crippen molar-refractivity contribution in [3.05, 3.63) is 47.5 Å². The lowest BCUT2D eigenvalue weighted by Gasteiger charge is -2.15. The molecule has 0 amide bonds. The van der Waals surface area contributed by atoms with Crippen molar-refractivity contribution in [2.75, 3.05) is 76.7 Å². The van der Waals surface area contributed by atoms with Crippen molar-refractivity contribution >= 4 is 43.4 Å². The van der Waals surface area contributed by atoms with Crippen molar-refractivity contribution in [2.45, 2.75) is 0 Å². The average molecular weight is 630 g/mol. The number of benzene rings is 2. The Labute approximate surface area is 227 Å². The Balaban J connectivity index is 1.86. The van der Waals surface area contributed by atoms with Crippen molar-refractivity contribution in [3.8, 4) is 22.6 Å². The highest BCUT2D eigenvalue weighted by Crippen LogP contribution is 2.32. The number of carbonyl (C=O) groups excluding carboxylic acids is 2. The first-order chi connectivity index (χ1) is 17.6. The predicted octanol–water partition coefficient (Wildman–Crippen LogP) is 4.35. The number of hydrogen-bond donors (Lipinski definition) is 0. The fraction of sp³-hybridized carbons (Fsp3) is 0.462. The molecule has 2 aromatic carbocycles. The number of fused-ring (bicyclic) bond motifs is 5. The highest BCUT2D eigenvalue weighted by atomic mass is 79.9. The van der Waals surface area contributed by atoms with Gasteiger partial charge in [0.05, 0.1) is 74.6 Å². The smallest absolute Gasteiger partial charge is 0.177 e. The molecule has 4 bridgehead atoms. The minimum Gasteiger partial charge on any atom is -0.490 e. The van der Waals surface area contributed by atoms with Crippen molar-refractivity contribution in [2.24, 2.45) is 0 Å². The van der Waals surface area contributed by atoms with Gasteiger partial charge < -0.3 is 28.4 Å². The molecule has 0 atom stereocenters. The van der Waals surface area contributed by atoms with Gasteiger partial charge in [-0.25, -0.2) is 0 Å². The van der Waals surface area contributed by atoms with E-state index in [-0.39, 0.29) is 35.4 Å². The molecule has 0 unspecified atom stereocenters. The lowest BCUT2D eigenvalue weighted by Crippen LogP contribution is -2.15. The second-order valence-electron chi connectivity index (χ2n) is 7.68. The second kappa shape index (κ2) is 16.1. The first-order valence-electron chi connectivity index (χ1n) is 11.7. The second-order valence-corrected chi connectivity index (χ2v) is 8.80. The van der Waals surface area contributed by atoms with Gasteiger partial charge >= 0.3 is 0 Å². The lowest BCUT2D eigenvalue weighted by molar-refractivity contribution is -0.00702. The number of alkyl halides is 2. The van der Waals surface area contributed by atoms with Crippen LogP contribution in [0.15, 0.2) is 36.4 Å².